The minimum absolute atomic E-state index is 0.153. The van der Waals surface area contributed by atoms with E-state index in [0.29, 0.717) is 29.8 Å². The van der Waals surface area contributed by atoms with Crippen LogP contribution in [-0.4, -0.2) is 24.2 Å². The fourth-order valence-electron chi connectivity index (χ4n) is 3.94. The van der Waals surface area contributed by atoms with Gasteiger partial charge in [0.25, 0.3) is 0 Å². The van der Waals surface area contributed by atoms with Crippen molar-refractivity contribution < 1.29 is 19.1 Å². The third kappa shape index (κ3) is 3.48. The standard InChI is InChI=1S/C24H23NO4/c1-15-11-12-17(13-16(15)2)21(26)14-29-22-10-6-5-9-20(22)25-23(27)18-7-3-4-8-19(18)24(25)28/h3-6,9-13,18-19H,7-8,14H2,1-2H3/t18-,19+. The number of benzene rings is 2. The van der Waals surface area contributed by atoms with Crippen LogP contribution in [0.4, 0.5) is 5.69 Å². The molecule has 5 heteroatoms. The van der Waals surface area contributed by atoms with Crippen molar-refractivity contribution in [2.45, 2.75) is 26.7 Å². The first-order chi connectivity index (χ1) is 14.0. The van der Waals surface area contributed by atoms with Gasteiger partial charge in [0.2, 0.25) is 11.8 Å². The fraction of sp³-hybridized carbons (Fsp3) is 0.292. The van der Waals surface area contributed by atoms with Crippen LogP contribution in [0.25, 0.3) is 0 Å². The maximum Gasteiger partial charge on any atom is 0.238 e. The van der Waals surface area contributed by atoms with Crippen LogP contribution in [0.2, 0.25) is 0 Å². The predicted octanol–water partition coefficient (Wildman–Crippen LogP) is 4.02. The van der Waals surface area contributed by atoms with Crippen molar-refractivity contribution in [1.29, 1.82) is 0 Å². The third-order valence-corrected chi connectivity index (χ3v) is 5.80. The highest BCUT2D eigenvalue weighted by Gasteiger charge is 2.48. The number of carbonyl (C=O) groups is 3. The molecular formula is C24H23NO4. The number of carbonyl (C=O) groups excluding carboxylic acids is 3. The fourth-order valence-corrected chi connectivity index (χ4v) is 3.94. The van der Waals surface area contributed by atoms with Gasteiger partial charge in [0.1, 0.15) is 5.75 Å². The van der Waals surface area contributed by atoms with Crippen LogP contribution in [0.1, 0.15) is 34.3 Å². The van der Waals surface area contributed by atoms with Crippen LogP contribution in [0, 0.1) is 25.7 Å². The van der Waals surface area contributed by atoms with E-state index in [0.717, 1.165) is 11.1 Å². The molecule has 5 nitrogen and oxygen atoms in total. The number of allylic oxidation sites excluding steroid dienone is 2. The molecule has 4 rings (SSSR count). The Balaban J connectivity index is 1.54. The molecule has 2 amide bonds. The molecule has 2 aromatic carbocycles. The zero-order valence-corrected chi connectivity index (χ0v) is 16.6. The van der Waals surface area contributed by atoms with Gasteiger partial charge in [-0.15, -0.1) is 0 Å². The van der Waals surface area contributed by atoms with Crippen molar-refractivity contribution in [2.24, 2.45) is 11.8 Å². The molecule has 1 aliphatic carbocycles. The number of imide groups is 1. The number of Topliss-reactive ketones (excluding diaryl/α,β-unsaturated/α-hetero) is 1. The Morgan fingerprint density at radius 3 is 2.28 bits per heavy atom. The molecule has 2 aliphatic rings. The predicted molar refractivity (Wildman–Crippen MR) is 110 cm³/mol. The molecule has 2 atom stereocenters. The molecule has 0 unspecified atom stereocenters. The van der Waals surface area contributed by atoms with E-state index in [2.05, 4.69) is 0 Å². The highest BCUT2D eigenvalue weighted by Crippen LogP contribution is 2.40. The smallest absolute Gasteiger partial charge is 0.238 e. The van der Waals surface area contributed by atoms with Crippen molar-refractivity contribution in [2.75, 3.05) is 11.5 Å². The first-order valence-corrected chi connectivity index (χ1v) is 9.82. The molecule has 0 bridgehead atoms. The minimum Gasteiger partial charge on any atom is -0.483 e. The number of ketones is 1. The number of hydrogen-bond donors (Lipinski definition) is 0. The van der Waals surface area contributed by atoms with Crippen molar-refractivity contribution >= 4 is 23.3 Å². The second-order valence-corrected chi connectivity index (χ2v) is 7.65. The topological polar surface area (TPSA) is 63.7 Å². The summed E-state index contributed by atoms with van der Waals surface area (Å²) >= 11 is 0. The maximum atomic E-state index is 12.9. The summed E-state index contributed by atoms with van der Waals surface area (Å²) in [5.74, 6) is -0.796. The number of aryl methyl sites for hydroxylation is 2. The van der Waals surface area contributed by atoms with Crippen LogP contribution in [0.15, 0.2) is 54.6 Å². The molecule has 0 spiro atoms. The summed E-state index contributed by atoms with van der Waals surface area (Å²) in [6, 6.07) is 12.4. The number of amides is 2. The van der Waals surface area contributed by atoms with Crippen LogP contribution in [0.3, 0.4) is 0 Å². The van der Waals surface area contributed by atoms with E-state index in [4.69, 9.17) is 4.74 Å². The van der Waals surface area contributed by atoms with Gasteiger partial charge in [-0.3, -0.25) is 14.4 Å². The Morgan fingerprint density at radius 2 is 1.62 bits per heavy atom. The molecule has 0 N–H and O–H groups in total. The summed E-state index contributed by atoms with van der Waals surface area (Å²) in [5, 5.41) is 0. The summed E-state index contributed by atoms with van der Waals surface area (Å²) in [4.78, 5) is 39.6. The Kier molecular flexibility index (Phi) is 5.05. The lowest BCUT2D eigenvalue weighted by Gasteiger charge is -2.19. The van der Waals surface area contributed by atoms with Gasteiger partial charge >= 0.3 is 0 Å². The molecule has 2 aromatic rings. The molecule has 0 radical (unpaired) electrons. The lowest BCUT2D eigenvalue weighted by atomic mass is 9.85. The normalized spacial score (nSPS) is 20.7. The second-order valence-electron chi connectivity index (χ2n) is 7.65. The number of ether oxygens (including phenoxy) is 1. The van der Waals surface area contributed by atoms with Gasteiger partial charge in [0, 0.05) is 5.56 Å². The Morgan fingerprint density at radius 1 is 0.966 bits per heavy atom. The van der Waals surface area contributed by atoms with E-state index in [-0.39, 0.29) is 36.0 Å². The van der Waals surface area contributed by atoms with Crippen molar-refractivity contribution in [3.05, 3.63) is 71.3 Å². The molecule has 1 heterocycles. The number of para-hydroxylation sites is 2. The highest BCUT2D eigenvalue weighted by molar-refractivity contribution is 6.22. The molecule has 1 aliphatic heterocycles. The van der Waals surface area contributed by atoms with Crippen LogP contribution in [-0.2, 0) is 9.59 Å². The van der Waals surface area contributed by atoms with Crippen molar-refractivity contribution in [3.8, 4) is 5.75 Å². The SMILES string of the molecule is Cc1ccc(C(=O)COc2ccccc2N2C(=O)[C@H]3CC=CC[C@H]3C2=O)cc1C. The number of fused-ring (bicyclic) bond motifs is 1. The average Bonchev–Trinajstić information content (AvgIpc) is 2.99. The number of nitrogens with zero attached hydrogens (tertiary/aromatic N) is 1. The quantitative estimate of drug-likeness (QED) is 0.440. The largest absolute Gasteiger partial charge is 0.483 e. The van der Waals surface area contributed by atoms with E-state index in [1.165, 1.54) is 4.90 Å². The number of hydrogen-bond acceptors (Lipinski definition) is 4. The van der Waals surface area contributed by atoms with Gasteiger partial charge in [-0.2, -0.15) is 0 Å². The molecule has 0 saturated carbocycles. The first kappa shape index (κ1) is 19.1. The van der Waals surface area contributed by atoms with E-state index >= 15 is 0 Å². The summed E-state index contributed by atoms with van der Waals surface area (Å²) in [6.45, 7) is 3.79. The first-order valence-electron chi connectivity index (χ1n) is 9.82. The Labute approximate surface area is 170 Å². The van der Waals surface area contributed by atoms with E-state index in [1.54, 1.807) is 30.3 Å². The van der Waals surface area contributed by atoms with Gasteiger partial charge in [-0.05, 0) is 56.0 Å². The zero-order chi connectivity index (χ0) is 20.5. The molecule has 148 valence electrons. The summed E-state index contributed by atoms with van der Waals surface area (Å²) in [7, 11) is 0. The zero-order valence-electron chi connectivity index (χ0n) is 16.6. The van der Waals surface area contributed by atoms with Gasteiger partial charge in [0.05, 0.1) is 17.5 Å². The number of rotatable bonds is 5. The van der Waals surface area contributed by atoms with Gasteiger partial charge < -0.3 is 4.74 Å². The van der Waals surface area contributed by atoms with Gasteiger partial charge in [-0.1, -0.05) is 36.4 Å². The molecular weight excluding hydrogens is 366 g/mol. The Bertz CT molecular complexity index is 997. The number of anilines is 1. The van der Waals surface area contributed by atoms with E-state index in [1.807, 2.05) is 38.1 Å². The van der Waals surface area contributed by atoms with Crippen molar-refractivity contribution in [3.63, 3.8) is 0 Å². The molecule has 0 aromatic heterocycles. The summed E-state index contributed by atoms with van der Waals surface area (Å²) < 4.78 is 5.77. The Hall–Kier alpha value is -3.21. The minimum atomic E-state index is -0.308. The highest BCUT2D eigenvalue weighted by atomic mass is 16.5. The van der Waals surface area contributed by atoms with Crippen LogP contribution >= 0.6 is 0 Å². The monoisotopic (exact) mass is 389 g/mol. The average molecular weight is 389 g/mol. The summed E-state index contributed by atoms with van der Waals surface area (Å²) in [5.41, 5.74) is 3.15. The van der Waals surface area contributed by atoms with Gasteiger partial charge in [0.15, 0.2) is 12.4 Å². The maximum absolute atomic E-state index is 12.9. The molecule has 1 saturated heterocycles. The van der Waals surface area contributed by atoms with Crippen LogP contribution < -0.4 is 9.64 Å². The lowest BCUT2D eigenvalue weighted by Crippen LogP contribution is -2.31. The van der Waals surface area contributed by atoms with Crippen LogP contribution in [0.5, 0.6) is 5.75 Å². The molecule has 29 heavy (non-hydrogen) atoms. The second kappa shape index (κ2) is 7.66. The molecule has 1 fully saturated rings. The van der Waals surface area contributed by atoms with E-state index < -0.39 is 0 Å². The van der Waals surface area contributed by atoms with Gasteiger partial charge in [-0.25, -0.2) is 4.90 Å². The third-order valence-electron chi connectivity index (χ3n) is 5.80. The lowest BCUT2D eigenvalue weighted by molar-refractivity contribution is -0.122. The van der Waals surface area contributed by atoms with Crippen molar-refractivity contribution in [1.82, 2.24) is 0 Å². The summed E-state index contributed by atoms with van der Waals surface area (Å²) in [6.07, 6.45) is 5.08. The van der Waals surface area contributed by atoms with E-state index in [9.17, 15) is 14.4 Å².